The molecular formula is C16H17N5OS2. The second-order valence-electron chi connectivity index (χ2n) is 4.95. The Balaban J connectivity index is 1.80. The van der Waals surface area contributed by atoms with E-state index in [4.69, 9.17) is 17.0 Å². The topological polar surface area (TPSA) is 67.2 Å². The second-order valence-corrected chi connectivity index (χ2v) is 6.66. The van der Waals surface area contributed by atoms with E-state index in [0.717, 1.165) is 16.2 Å². The molecule has 0 amide bonds. The Bertz CT molecular complexity index is 892. The number of aryl methyl sites for hydroxylation is 1. The van der Waals surface area contributed by atoms with E-state index in [9.17, 15) is 0 Å². The van der Waals surface area contributed by atoms with Crippen molar-refractivity contribution in [3.63, 3.8) is 0 Å². The van der Waals surface area contributed by atoms with Crippen LogP contribution in [-0.2, 0) is 0 Å². The molecule has 0 radical (unpaired) electrons. The van der Waals surface area contributed by atoms with E-state index in [1.54, 1.807) is 22.2 Å². The highest BCUT2D eigenvalue weighted by Crippen LogP contribution is 2.20. The van der Waals surface area contributed by atoms with Crippen molar-refractivity contribution in [3.8, 4) is 17.1 Å². The molecule has 2 aromatic heterocycles. The van der Waals surface area contributed by atoms with Crippen LogP contribution in [0.3, 0.4) is 0 Å². The van der Waals surface area contributed by atoms with Gasteiger partial charge in [0, 0.05) is 15.3 Å². The summed E-state index contributed by atoms with van der Waals surface area (Å²) in [5.74, 6) is 1.48. The van der Waals surface area contributed by atoms with Gasteiger partial charge < -0.3 is 4.74 Å². The van der Waals surface area contributed by atoms with Crippen LogP contribution in [0.25, 0.3) is 11.4 Å². The van der Waals surface area contributed by atoms with Crippen molar-refractivity contribution in [2.75, 3.05) is 12.1 Å². The Morgan fingerprint density at radius 3 is 2.79 bits per heavy atom. The first kappa shape index (κ1) is 16.4. The molecule has 0 saturated heterocycles. The van der Waals surface area contributed by atoms with Crippen LogP contribution in [0.4, 0.5) is 0 Å². The number of aromatic amines is 1. The summed E-state index contributed by atoms with van der Waals surface area (Å²) in [6, 6.07) is 11.7. The quantitative estimate of drug-likeness (QED) is 0.397. The Morgan fingerprint density at radius 1 is 1.33 bits per heavy atom. The zero-order chi connectivity index (χ0) is 16.9. The van der Waals surface area contributed by atoms with Crippen LogP contribution in [-0.4, -0.2) is 27.7 Å². The first-order valence-corrected chi connectivity index (χ1v) is 8.66. The Hall–Kier alpha value is -2.45. The minimum absolute atomic E-state index is 0.443. The minimum Gasteiger partial charge on any atom is -0.494 e. The van der Waals surface area contributed by atoms with Gasteiger partial charge in [-0.05, 0) is 62.5 Å². The van der Waals surface area contributed by atoms with Gasteiger partial charge in [0.15, 0.2) is 5.82 Å². The van der Waals surface area contributed by atoms with Crippen molar-refractivity contribution in [1.29, 1.82) is 0 Å². The number of rotatable bonds is 6. The Kier molecular flexibility index (Phi) is 5.07. The van der Waals surface area contributed by atoms with Crippen LogP contribution in [0.5, 0.6) is 5.75 Å². The molecule has 2 N–H and O–H groups in total. The van der Waals surface area contributed by atoms with Gasteiger partial charge in [-0.1, -0.05) is 0 Å². The molecule has 0 spiro atoms. The van der Waals surface area contributed by atoms with Gasteiger partial charge in [0.05, 0.1) is 12.8 Å². The van der Waals surface area contributed by atoms with Crippen LogP contribution in [0.15, 0.2) is 41.5 Å². The summed E-state index contributed by atoms with van der Waals surface area (Å²) in [6.45, 7) is 4.65. The van der Waals surface area contributed by atoms with Crippen LogP contribution < -0.4 is 10.3 Å². The second kappa shape index (κ2) is 7.41. The lowest BCUT2D eigenvalue weighted by molar-refractivity contribution is 0.340. The monoisotopic (exact) mass is 359 g/mol. The first-order chi connectivity index (χ1) is 11.7. The van der Waals surface area contributed by atoms with Gasteiger partial charge in [0.1, 0.15) is 5.75 Å². The molecule has 0 bridgehead atoms. The SMILES string of the molecule is CCOc1ccc(-c2n[nH]c(=S)n2N/N=C\c2ccc(C)s2)cc1. The molecule has 0 atom stereocenters. The predicted octanol–water partition coefficient (Wildman–Crippen LogP) is 3.95. The van der Waals surface area contributed by atoms with Crippen molar-refractivity contribution in [2.45, 2.75) is 13.8 Å². The van der Waals surface area contributed by atoms with E-state index in [2.05, 4.69) is 33.8 Å². The van der Waals surface area contributed by atoms with Crippen molar-refractivity contribution in [2.24, 2.45) is 5.10 Å². The molecular weight excluding hydrogens is 342 g/mol. The average Bonchev–Trinajstić information content (AvgIpc) is 3.15. The highest BCUT2D eigenvalue weighted by atomic mass is 32.1. The first-order valence-electron chi connectivity index (χ1n) is 7.43. The van der Waals surface area contributed by atoms with Crippen molar-refractivity contribution in [1.82, 2.24) is 14.9 Å². The molecule has 0 aliphatic carbocycles. The van der Waals surface area contributed by atoms with Crippen molar-refractivity contribution >= 4 is 29.8 Å². The van der Waals surface area contributed by atoms with Crippen LogP contribution in [0.1, 0.15) is 16.7 Å². The van der Waals surface area contributed by atoms with Gasteiger partial charge in [0.25, 0.3) is 0 Å². The highest BCUT2D eigenvalue weighted by molar-refractivity contribution is 7.71. The molecule has 2 heterocycles. The summed E-state index contributed by atoms with van der Waals surface area (Å²) in [4.78, 5) is 2.31. The summed E-state index contributed by atoms with van der Waals surface area (Å²) < 4.78 is 7.52. The van der Waals surface area contributed by atoms with E-state index < -0.39 is 0 Å². The number of H-pyrrole nitrogens is 1. The molecule has 1 aromatic carbocycles. The molecule has 8 heteroatoms. The third-order valence-electron chi connectivity index (χ3n) is 3.21. The smallest absolute Gasteiger partial charge is 0.216 e. The standard InChI is InChI=1S/C16H17N5OS2/c1-3-22-13-7-5-12(6-8-13)15-18-19-16(23)21(15)20-17-10-14-9-4-11(2)24-14/h4-10,20H,3H2,1-2H3,(H,19,23)/b17-10-. The Morgan fingerprint density at radius 2 is 2.12 bits per heavy atom. The van der Waals surface area contributed by atoms with Crippen molar-refractivity contribution < 1.29 is 4.74 Å². The zero-order valence-corrected chi connectivity index (χ0v) is 14.9. The minimum atomic E-state index is 0.443. The van der Waals surface area contributed by atoms with E-state index in [-0.39, 0.29) is 0 Å². The maximum absolute atomic E-state index is 5.45. The van der Waals surface area contributed by atoms with Gasteiger partial charge in [-0.2, -0.15) is 14.9 Å². The molecule has 24 heavy (non-hydrogen) atoms. The van der Waals surface area contributed by atoms with E-state index >= 15 is 0 Å². The molecule has 6 nitrogen and oxygen atoms in total. The summed E-state index contributed by atoms with van der Waals surface area (Å²) >= 11 is 6.93. The normalized spacial score (nSPS) is 11.1. The van der Waals surface area contributed by atoms with Gasteiger partial charge >= 0.3 is 0 Å². The van der Waals surface area contributed by atoms with Crippen LogP contribution in [0, 0.1) is 11.7 Å². The molecule has 0 unspecified atom stereocenters. The largest absolute Gasteiger partial charge is 0.494 e. The van der Waals surface area contributed by atoms with E-state index in [1.807, 2.05) is 37.3 Å². The van der Waals surface area contributed by atoms with E-state index in [1.165, 1.54) is 4.88 Å². The van der Waals surface area contributed by atoms with Gasteiger partial charge in [-0.3, -0.25) is 0 Å². The zero-order valence-electron chi connectivity index (χ0n) is 13.3. The van der Waals surface area contributed by atoms with Crippen LogP contribution >= 0.6 is 23.6 Å². The molecule has 0 saturated carbocycles. The number of ether oxygens (including phenoxy) is 1. The number of nitrogens with one attached hydrogen (secondary N) is 2. The number of benzene rings is 1. The lowest BCUT2D eigenvalue weighted by Gasteiger charge is -2.06. The maximum atomic E-state index is 5.45. The maximum Gasteiger partial charge on any atom is 0.216 e. The average molecular weight is 359 g/mol. The van der Waals surface area contributed by atoms with Gasteiger partial charge in [-0.25, -0.2) is 10.6 Å². The fraction of sp³-hybridized carbons (Fsp3) is 0.188. The number of hydrogen-bond donors (Lipinski definition) is 2. The molecule has 0 aliphatic heterocycles. The predicted molar refractivity (Wildman–Crippen MR) is 100 cm³/mol. The lowest BCUT2D eigenvalue weighted by Crippen LogP contribution is -2.10. The molecule has 3 aromatic rings. The fourth-order valence-electron chi connectivity index (χ4n) is 2.12. The fourth-order valence-corrected chi connectivity index (χ4v) is 3.05. The Labute approximate surface area is 148 Å². The molecule has 0 aliphatic rings. The molecule has 0 fully saturated rings. The third kappa shape index (κ3) is 3.72. The van der Waals surface area contributed by atoms with Crippen LogP contribution in [0.2, 0.25) is 0 Å². The molecule has 124 valence electrons. The van der Waals surface area contributed by atoms with Gasteiger partial charge in [-0.15, -0.1) is 11.3 Å². The van der Waals surface area contributed by atoms with Crippen molar-refractivity contribution in [3.05, 3.63) is 50.9 Å². The number of hydrazone groups is 1. The number of hydrogen-bond acceptors (Lipinski definition) is 6. The summed E-state index contributed by atoms with van der Waals surface area (Å²) in [5, 5.41) is 11.3. The lowest BCUT2D eigenvalue weighted by atomic mass is 10.2. The summed E-state index contributed by atoms with van der Waals surface area (Å²) in [6.07, 6.45) is 1.76. The summed E-state index contributed by atoms with van der Waals surface area (Å²) in [5.41, 5.74) is 3.82. The number of aromatic nitrogens is 3. The highest BCUT2D eigenvalue weighted by Gasteiger charge is 2.08. The van der Waals surface area contributed by atoms with Gasteiger partial charge in [0.2, 0.25) is 4.77 Å². The summed E-state index contributed by atoms with van der Waals surface area (Å²) in [7, 11) is 0. The number of nitrogens with zero attached hydrogens (tertiary/aromatic N) is 3. The third-order valence-corrected chi connectivity index (χ3v) is 4.42. The van der Waals surface area contributed by atoms with E-state index in [0.29, 0.717) is 17.2 Å². The molecule has 3 rings (SSSR count). The number of thiophene rings is 1.